The van der Waals surface area contributed by atoms with Crippen LogP contribution in [-0.2, 0) is 35.4 Å². The highest BCUT2D eigenvalue weighted by molar-refractivity contribution is 6.36. The summed E-state index contributed by atoms with van der Waals surface area (Å²) in [6, 6.07) is 23.0. The molecule has 1 aliphatic carbocycles. The lowest BCUT2D eigenvalue weighted by molar-refractivity contribution is -0.141. The largest absolute Gasteiger partial charge is 0.352 e. The number of halogens is 2. The summed E-state index contributed by atoms with van der Waals surface area (Å²) in [5.74, 6) is -0.215. The molecule has 0 saturated heterocycles. The number of nitrogens with zero attached hydrogens (tertiary/aromatic N) is 1. The quantitative estimate of drug-likeness (QED) is 0.274. The highest BCUT2D eigenvalue weighted by Gasteiger charge is 2.32. The SMILES string of the molecule is CCc1ccc(CCC(=O)N(Cc2c(Cl)cccc2Cl)[C@@H](Cc2ccccc2)C(=O)NC2CCCC2)cc1. The normalized spacial score (nSPS) is 14.3. The van der Waals surface area contributed by atoms with Crippen molar-refractivity contribution in [2.75, 3.05) is 0 Å². The number of carbonyl (C=O) groups is 2. The molecule has 4 rings (SSSR count). The molecule has 0 bridgehead atoms. The van der Waals surface area contributed by atoms with Gasteiger partial charge in [0.05, 0.1) is 0 Å². The van der Waals surface area contributed by atoms with Crippen molar-refractivity contribution in [2.45, 2.75) is 76.9 Å². The minimum Gasteiger partial charge on any atom is -0.352 e. The second-order valence-electron chi connectivity index (χ2n) is 10.1. The Labute approximate surface area is 236 Å². The van der Waals surface area contributed by atoms with E-state index in [4.69, 9.17) is 23.2 Å². The van der Waals surface area contributed by atoms with E-state index in [1.165, 1.54) is 5.56 Å². The first-order valence-electron chi connectivity index (χ1n) is 13.6. The fourth-order valence-corrected chi connectivity index (χ4v) is 5.63. The Morgan fingerprint density at radius 3 is 2.13 bits per heavy atom. The number of rotatable bonds is 11. The molecule has 0 unspecified atom stereocenters. The molecule has 3 aromatic carbocycles. The highest BCUT2D eigenvalue weighted by atomic mass is 35.5. The first-order chi connectivity index (χ1) is 18.4. The lowest BCUT2D eigenvalue weighted by Crippen LogP contribution is -2.52. The van der Waals surface area contributed by atoms with Crippen LogP contribution >= 0.6 is 23.2 Å². The monoisotopic (exact) mass is 550 g/mol. The third-order valence-corrected chi connectivity index (χ3v) is 8.13. The van der Waals surface area contributed by atoms with Crippen LogP contribution in [0.2, 0.25) is 10.0 Å². The molecule has 38 heavy (non-hydrogen) atoms. The summed E-state index contributed by atoms with van der Waals surface area (Å²) in [4.78, 5) is 29.4. The van der Waals surface area contributed by atoms with Crippen molar-refractivity contribution in [1.29, 1.82) is 0 Å². The van der Waals surface area contributed by atoms with E-state index in [-0.39, 0.29) is 30.8 Å². The number of carbonyl (C=O) groups excluding carboxylic acids is 2. The second-order valence-corrected chi connectivity index (χ2v) is 10.9. The number of amides is 2. The van der Waals surface area contributed by atoms with Gasteiger partial charge in [-0.1, -0.05) is 104 Å². The van der Waals surface area contributed by atoms with Crippen molar-refractivity contribution in [3.8, 4) is 0 Å². The lowest BCUT2D eigenvalue weighted by atomic mass is 10.0. The number of hydrogen-bond donors (Lipinski definition) is 1. The van der Waals surface area contributed by atoms with Gasteiger partial charge in [0, 0.05) is 41.0 Å². The average Bonchev–Trinajstić information content (AvgIpc) is 3.44. The van der Waals surface area contributed by atoms with Gasteiger partial charge in [0.1, 0.15) is 6.04 Å². The Morgan fingerprint density at radius 2 is 1.50 bits per heavy atom. The van der Waals surface area contributed by atoms with Crippen LogP contribution in [-0.4, -0.2) is 28.8 Å². The fourth-order valence-electron chi connectivity index (χ4n) is 5.11. The molecule has 0 spiro atoms. The fraction of sp³-hybridized carbons (Fsp3) is 0.375. The molecule has 1 aliphatic rings. The molecular formula is C32H36Cl2N2O2. The summed E-state index contributed by atoms with van der Waals surface area (Å²) in [6.45, 7) is 2.29. The molecule has 1 saturated carbocycles. The van der Waals surface area contributed by atoms with Crippen molar-refractivity contribution in [1.82, 2.24) is 10.2 Å². The molecule has 1 fully saturated rings. The zero-order valence-electron chi connectivity index (χ0n) is 22.0. The Bertz CT molecular complexity index is 1190. The lowest BCUT2D eigenvalue weighted by Gasteiger charge is -2.33. The molecule has 2 amide bonds. The second kappa shape index (κ2) is 13.8. The van der Waals surface area contributed by atoms with Crippen LogP contribution < -0.4 is 5.32 Å². The average molecular weight is 552 g/mol. The summed E-state index contributed by atoms with van der Waals surface area (Å²) in [5, 5.41) is 4.21. The number of benzene rings is 3. The maximum atomic E-state index is 13.9. The highest BCUT2D eigenvalue weighted by Crippen LogP contribution is 2.28. The van der Waals surface area contributed by atoms with Crippen molar-refractivity contribution in [2.24, 2.45) is 0 Å². The summed E-state index contributed by atoms with van der Waals surface area (Å²) in [5.41, 5.74) is 4.02. The van der Waals surface area contributed by atoms with Crippen LogP contribution in [0.3, 0.4) is 0 Å². The van der Waals surface area contributed by atoms with Crippen LogP contribution in [0.5, 0.6) is 0 Å². The van der Waals surface area contributed by atoms with Gasteiger partial charge in [0.25, 0.3) is 0 Å². The molecule has 0 radical (unpaired) electrons. The summed E-state index contributed by atoms with van der Waals surface area (Å²) in [6.07, 6.45) is 6.45. The van der Waals surface area contributed by atoms with Gasteiger partial charge >= 0.3 is 0 Å². The topological polar surface area (TPSA) is 49.4 Å². The van der Waals surface area contributed by atoms with Crippen LogP contribution in [0.4, 0.5) is 0 Å². The van der Waals surface area contributed by atoms with Gasteiger partial charge in [-0.2, -0.15) is 0 Å². The van der Waals surface area contributed by atoms with Gasteiger partial charge < -0.3 is 10.2 Å². The van der Waals surface area contributed by atoms with Crippen LogP contribution in [0.1, 0.15) is 61.3 Å². The van der Waals surface area contributed by atoms with E-state index in [1.54, 1.807) is 23.1 Å². The Balaban J connectivity index is 1.63. The van der Waals surface area contributed by atoms with Gasteiger partial charge in [0.2, 0.25) is 11.8 Å². The molecule has 0 heterocycles. The van der Waals surface area contributed by atoms with Crippen LogP contribution in [0.15, 0.2) is 72.8 Å². The molecule has 200 valence electrons. The van der Waals surface area contributed by atoms with Crippen LogP contribution in [0.25, 0.3) is 0 Å². The molecule has 1 N–H and O–H groups in total. The predicted molar refractivity (Wildman–Crippen MR) is 155 cm³/mol. The van der Waals surface area contributed by atoms with Gasteiger partial charge in [-0.25, -0.2) is 0 Å². The van der Waals surface area contributed by atoms with Gasteiger partial charge in [-0.15, -0.1) is 0 Å². The molecule has 0 aromatic heterocycles. The smallest absolute Gasteiger partial charge is 0.243 e. The van der Waals surface area contributed by atoms with Gasteiger partial charge in [0.15, 0.2) is 0 Å². The molecule has 6 heteroatoms. The van der Waals surface area contributed by atoms with E-state index in [0.717, 1.165) is 43.2 Å². The summed E-state index contributed by atoms with van der Waals surface area (Å²) in [7, 11) is 0. The number of hydrogen-bond acceptors (Lipinski definition) is 2. The zero-order valence-corrected chi connectivity index (χ0v) is 23.5. The molecule has 0 aliphatic heterocycles. The predicted octanol–water partition coefficient (Wildman–Crippen LogP) is 7.19. The van der Waals surface area contributed by atoms with E-state index >= 15 is 0 Å². The Kier molecular flexibility index (Phi) is 10.3. The van der Waals surface area contributed by atoms with E-state index < -0.39 is 6.04 Å². The van der Waals surface area contributed by atoms with Gasteiger partial charge in [-0.3, -0.25) is 9.59 Å². The standard InChI is InChI=1S/C32H36Cl2N2O2/c1-2-23-15-17-24(18-16-23)19-20-31(37)36(22-27-28(33)13-8-14-29(27)34)30(21-25-9-4-3-5-10-25)32(38)35-26-11-6-7-12-26/h3-5,8-10,13-18,26,30H,2,6-7,11-12,19-22H2,1H3,(H,35,38)/t30-/m0/s1. The maximum Gasteiger partial charge on any atom is 0.243 e. The Morgan fingerprint density at radius 1 is 0.868 bits per heavy atom. The van der Waals surface area contributed by atoms with Crippen molar-refractivity contribution >= 4 is 35.0 Å². The zero-order chi connectivity index (χ0) is 26.9. The minimum absolute atomic E-state index is 0.0944. The third-order valence-electron chi connectivity index (χ3n) is 7.42. The van der Waals surface area contributed by atoms with E-state index in [2.05, 4.69) is 36.5 Å². The Hall–Kier alpha value is -2.82. The first kappa shape index (κ1) is 28.2. The van der Waals surface area contributed by atoms with Crippen LogP contribution in [0, 0.1) is 0 Å². The van der Waals surface area contributed by atoms with Crippen molar-refractivity contribution in [3.63, 3.8) is 0 Å². The van der Waals surface area contributed by atoms with Crippen molar-refractivity contribution < 1.29 is 9.59 Å². The van der Waals surface area contributed by atoms with Gasteiger partial charge in [-0.05, 0) is 54.5 Å². The molecular weight excluding hydrogens is 515 g/mol. The van der Waals surface area contributed by atoms with E-state index in [9.17, 15) is 9.59 Å². The number of nitrogens with one attached hydrogen (secondary N) is 1. The summed E-state index contributed by atoms with van der Waals surface area (Å²) >= 11 is 13.1. The molecule has 3 aromatic rings. The number of aryl methyl sites for hydroxylation is 2. The molecule has 1 atom stereocenters. The molecule has 4 nitrogen and oxygen atoms in total. The third kappa shape index (κ3) is 7.61. The van der Waals surface area contributed by atoms with E-state index in [1.807, 2.05) is 30.3 Å². The maximum absolute atomic E-state index is 13.9. The first-order valence-corrected chi connectivity index (χ1v) is 14.3. The summed E-state index contributed by atoms with van der Waals surface area (Å²) < 4.78 is 0. The van der Waals surface area contributed by atoms with E-state index in [0.29, 0.717) is 28.5 Å². The van der Waals surface area contributed by atoms with Crippen molar-refractivity contribution in [3.05, 3.63) is 105 Å². The minimum atomic E-state index is -0.680.